The molecule has 0 saturated carbocycles. The third-order valence-electron chi connectivity index (χ3n) is 4.88. The summed E-state index contributed by atoms with van der Waals surface area (Å²) >= 11 is 0. The van der Waals surface area contributed by atoms with Crippen molar-refractivity contribution in [3.8, 4) is 11.8 Å². The first-order valence-electron chi connectivity index (χ1n) is 10.3. The summed E-state index contributed by atoms with van der Waals surface area (Å²) in [5.41, 5.74) is 2.94. The average molecular weight is 418 g/mol. The van der Waals surface area contributed by atoms with Gasteiger partial charge in [-0.3, -0.25) is 9.48 Å². The number of benzene rings is 2. The average Bonchev–Trinajstić information content (AvgIpc) is 3.29. The molecule has 31 heavy (non-hydrogen) atoms. The van der Waals surface area contributed by atoms with Crippen LogP contribution in [0.2, 0.25) is 0 Å². The van der Waals surface area contributed by atoms with Crippen LogP contribution < -0.4 is 9.64 Å². The first kappa shape index (κ1) is 21.9. The summed E-state index contributed by atoms with van der Waals surface area (Å²) in [5.74, 6) is -0.141. The summed E-state index contributed by atoms with van der Waals surface area (Å²) in [5, 5.41) is 22.3. The van der Waals surface area contributed by atoms with Gasteiger partial charge in [0.05, 0.1) is 25.6 Å². The number of aliphatic carboxylic acids is 1. The molecule has 0 aliphatic carbocycles. The fraction of sp³-hybridized carbons (Fsp3) is 0.292. The Morgan fingerprint density at radius 1 is 1.16 bits per heavy atom. The maximum absolute atomic E-state index is 11.0. The van der Waals surface area contributed by atoms with Gasteiger partial charge in [0.2, 0.25) is 0 Å². The van der Waals surface area contributed by atoms with E-state index in [0.717, 1.165) is 16.8 Å². The number of carbonyl (C=O) groups is 1. The van der Waals surface area contributed by atoms with Crippen LogP contribution in [0.1, 0.15) is 24.0 Å². The van der Waals surface area contributed by atoms with E-state index >= 15 is 0 Å². The zero-order valence-corrected chi connectivity index (χ0v) is 17.4. The summed E-state index contributed by atoms with van der Waals surface area (Å²) in [7, 11) is 0. The molecule has 160 valence electrons. The van der Waals surface area contributed by atoms with Crippen LogP contribution >= 0.6 is 0 Å². The number of hydrogen-bond donors (Lipinski definition) is 1. The molecule has 0 aliphatic rings. The molecule has 0 unspecified atom stereocenters. The molecular weight excluding hydrogens is 392 g/mol. The Morgan fingerprint density at radius 3 is 2.71 bits per heavy atom. The summed E-state index contributed by atoms with van der Waals surface area (Å²) in [6, 6.07) is 19.9. The van der Waals surface area contributed by atoms with Crippen LogP contribution in [0.3, 0.4) is 0 Å². The Morgan fingerprint density at radius 2 is 2.00 bits per heavy atom. The Bertz CT molecular complexity index is 997. The number of para-hydroxylation sites is 1. The maximum atomic E-state index is 11.0. The molecule has 1 N–H and O–H groups in total. The highest BCUT2D eigenvalue weighted by molar-refractivity contribution is 5.67. The molecule has 0 aliphatic heterocycles. The van der Waals surface area contributed by atoms with Crippen molar-refractivity contribution in [1.82, 2.24) is 9.78 Å². The lowest BCUT2D eigenvalue weighted by molar-refractivity contribution is -0.136. The van der Waals surface area contributed by atoms with Crippen LogP contribution in [0.25, 0.3) is 0 Å². The summed E-state index contributed by atoms with van der Waals surface area (Å²) in [6.07, 6.45) is 4.51. The normalized spacial score (nSPS) is 10.4. The number of carboxylic acids is 1. The van der Waals surface area contributed by atoms with Gasteiger partial charge in [0.1, 0.15) is 12.4 Å². The monoisotopic (exact) mass is 418 g/mol. The van der Waals surface area contributed by atoms with Gasteiger partial charge in [0, 0.05) is 31.0 Å². The Kier molecular flexibility index (Phi) is 8.06. The lowest BCUT2D eigenvalue weighted by Gasteiger charge is -2.24. The largest absolute Gasteiger partial charge is 0.491 e. The van der Waals surface area contributed by atoms with E-state index in [4.69, 9.17) is 15.1 Å². The number of aromatic nitrogens is 2. The first-order valence-corrected chi connectivity index (χ1v) is 10.3. The lowest BCUT2D eigenvalue weighted by atomic mass is 10.1. The molecular formula is C24H26N4O3. The van der Waals surface area contributed by atoms with Crippen LogP contribution in [0.5, 0.6) is 5.75 Å². The molecule has 0 bridgehead atoms. The highest BCUT2D eigenvalue weighted by Crippen LogP contribution is 2.23. The van der Waals surface area contributed by atoms with Crippen LogP contribution in [-0.4, -0.2) is 40.6 Å². The summed E-state index contributed by atoms with van der Waals surface area (Å²) < 4.78 is 7.94. The highest BCUT2D eigenvalue weighted by Gasteiger charge is 2.11. The van der Waals surface area contributed by atoms with Crippen molar-refractivity contribution in [2.45, 2.75) is 25.8 Å². The molecule has 3 aromatic rings. The zero-order valence-electron chi connectivity index (χ0n) is 17.4. The number of rotatable bonds is 12. The second-order valence-electron chi connectivity index (χ2n) is 7.12. The van der Waals surface area contributed by atoms with E-state index in [0.29, 0.717) is 44.8 Å². The van der Waals surface area contributed by atoms with Crippen LogP contribution in [0.15, 0.2) is 67.0 Å². The number of aryl methyl sites for hydroxylation is 1. The predicted octanol–water partition coefficient (Wildman–Crippen LogP) is 3.75. The van der Waals surface area contributed by atoms with Crippen LogP contribution in [0.4, 0.5) is 5.69 Å². The number of nitrogens with zero attached hydrogens (tertiary/aromatic N) is 4. The number of anilines is 1. The molecule has 0 saturated heterocycles. The van der Waals surface area contributed by atoms with Gasteiger partial charge in [0.15, 0.2) is 0 Å². The van der Waals surface area contributed by atoms with Crippen LogP contribution in [0, 0.1) is 11.3 Å². The highest BCUT2D eigenvalue weighted by atomic mass is 16.5. The molecule has 7 heteroatoms. The van der Waals surface area contributed by atoms with E-state index in [-0.39, 0.29) is 6.42 Å². The molecule has 1 heterocycles. The minimum atomic E-state index is -0.835. The van der Waals surface area contributed by atoms with E-state index < -0.39 is 5.97 Å². The van der Waals surface area contributed by atoms with Gasteiger partial charge >= 0.3 is 5.97 Å². The van der Waals surface area contributed by atoms with E-state index in [1.807, 2.05) is 65.5 Å². The van der Waals surface area contributed by atoms with Gasteiger partial charge in [-0.2, -0.15) is 10.4 Å². The fourth-order valence-corrected chi connectivity index (χ4v) is 3.32. The third-order valence-corrected chi connectivity index (χ3v) is 4.88. The van der Waals surface area contributed by atoms with Crippen molar-refractivity contribution in [2.24, 2.45) is 0 Å². The van der Waals surface area contributed by atoms with Crippen molar-refractivity contribution < 1.29 is 14.6 Å². The molecule has 1 aromatic heterocycles. The van der Waals surface area contributed by atoms with E-state index in [2.05, 4.69) is 16.1 Å². The molecule has 0 fully saturated rings. The van der Waals surface area contributed by atoms with E-state index in [9.17, 15) is 4.79 Å². The van der Waals surface area contributed by atoms with Crippen molar-refractivity contribution in [3.05, 3.63) is 78.1 Å². The van der Waals surface area contributed by atoms with Crippen molar-refractivity contribution >= 4 is 11.7 Å². The van der Waals surface area contributed by atoms with Crippen molar-refractivity contribution in [1.29, 1.82) is 5.26 Å². The minimum Gasteiger partial charge on any atom is -0.491 e. The SMILES string of the molecule is N#CCCN(CCOc1cc(Cn2cccn2)ccc1CCC(=O)O)c1ccccc1. The molecule has 0 atom stereocenters. The quantitative estimate of drug-likeness (QED) is 0.482. The van der Waals surface area contributed by atoms with Crippen molar-refractivity contribution in [2.75, 3.05) is 24.6 Å². The second-order valence-corrected chi connectivity index (χ2v) is 7.12. The number of ether oxygens (including phenoxy) is 1. The lowest BCUT2D eigenvalue weighted by Crippen LogP contribution is -2.29. The topological polar surface area (TPSA) is 91.4 Å². The Balaban J connectivity index is 1.70. The molecule has 3 rings (SSSR count). The second kappa shape index (κ2) is 11.4. The van der Waals surface area contributed by atoms with Gasteiger partial charge in [-0.15, -0.1) is 0 Å². The first-order chi connectivity index (χ1) is 15.2. The summed E-state index contributed by atoms with van der Waals surface area (Å²) in [6.45, 7) is 2.27. The van der Waals surface area contributed by atoms with Crippen molar-refractivity contribution in [3.63, 3.8) is 0 Å². The van der Waals surface area contributed by atoms with Crippen LogP contribution in [-0.2, 0) is 17.8 Å². The molecule has 7 nitrogen and oxygen atoms in total. The van der Waals surface area contributed by atoms with Gasteiger partial charge < -0.3 is 14.7 Å². The molecule has 2 aromatic carbocycles. The smallest absolute Gasteiger partial charge is 0.303 e. The number of hydrogen-bond acceptors (Lipinski definition) is 5. The zero-order chi connectivity index (χ0) is 21.9. The van der Waals surface area contributed by atoms with Gasteiger partial charge in [-0.1, -0.05) is 30.3 Å². The summed E-state index contributed by atoms with van der Waals surface area (Å²) in [4.78, 5) is 13.2. The standard InChI is InChI=1S/C24H26N4O3/c25-12-4-14-27(22-6-2-1-3-7-22)16-17-31-23-18-20(19-28-15-5-13-26-28)8-9-21(23)10-11-24(29)30/h1-3,5-9,13,15,18H,4,10-11,14,16-17,19H2,(H,29,30). The predicted molar refractivity (Wildman–Crippen MR) is 118 cm³/mol. The number of carboxylic acid groups (broad SMARTS) is 1. The van der Waals surface area contributed by atoms with Gasteiger partial charge in [-0.05, 0) is 41.8 Å². The number of nitriles is 1. The molecule has 0 amide bonds. The third kappa shape index (κ3) is 6.89. The molecule has 0 radical (unpaired) electrons. The fourth-order valence-electron chi connectivity index (χ4n) is 3.32. The Hall–Kier alpha value is -3.79. The Labute approximate surface area is 182 Å². The van der Waals surface area contributed by atoms with Gasteiger partial charge in [-0.25, -0.2) is 0 Å². The van der Waals surface area contributed by atoms with E-state index in [1.54, 1.807) is 6.20 Å². The van der Waals surface area contributed by atoms with Gasteiger partial charge in [0.25, 0.3) is 0 Å². The van der Waals surface area contributed by atoms with E-state index in [1.165, 1.54) is 0 Å². The molecule has 0 spiro atoms. The maximum Gasteiger partial charge on any atom is 0.303 e. The minimum absolute atomic E-state index is 0.0488.